The fourth-order valence-corrected chi connectivity index (χ4v) is 2.61. The van der Waals surface area contributed by atoms with Gasteiger partial charge in [0.1, 0.15) is 11.5 Å². The zero-order chi connectivity index (χ0) is 18.0. The highest BCUT2D eigenvalue weighted by Gasteiger charge is 2.15. The predicted molar refractivity (Wildman–Crippen MR) is 94.9 cm³/mol. The first-order valence-corrected chi connectivity index (χ1v) is 7.69. The number of carbonyl (C=O) groups is 1. The summed E-state index contributed by atoms with van der Waals surface area (Å²) in [6.45, 7) is 0. The van der Waals surface area contributed by atoms with Gasteiger partial charge in [-0.05, 0) is 30.3 Å². The second-order valence-corrected chi connectivity index (χ2v) is 5.58. The molecule has 0 saturated carbocycles. The van der Waals surface area contributed by atoms with Crippen LogP contribution in [0.3, 0.4) is 0 Å². The molecule has 0 aliphatic carbocycles. The Morgan fingerprint density at radius 2 is 1.72 bits per heavy atom. The lowest BCUT2D eigenvalue weighted by Crippen LogP contribution is -2.12. The molecule has 0 spiro atoms. The van der Waals surface area contributed by atoms with E-state index in [0.717, 1.165) is 0 Å². The third kappa shape index (κ3) is 3.29. The molecule has 6 nitrogen and oxygen atoms in total. The maximum Gasteiger partial charge on any atom is 0.252 e. The zero-order valence-corrected chi connectivity index (χ0v) is 14.3. The molecule has 2 N–H and O–H groups in total. The normalized spacial score (nSPS) is 10.5. The van der Waals surface area contributed by atoms with Gasteiger partial charge in [0.05, 0.1) is 25.3 Å². The lowest BCUT2D eigenvalue weighted by Gasteiger charge is -2.13. The van der Waals surface area contributed by atoms with E-state index < -0.39 is 5.91 Å². The number of aromatic nitrogens is 1. The summed E-state index contributed by atoms with van der Waals surface area (Å²) in [4.78, 5) is 16.0. The van der Waals surface area contributed by atoms with Crippen LogP contribution in [0.15, 0.2) is 42.6 Å². The van der Waals surface area contributed by atoms with E-state index in [9.17, 15) is 4.79 Å². The molecule has 0 unspecified atom stereocenters. The highest BCUT2D eigenvalue weighted by molar-refractivity contribution is 6.31. The standard InChI is InChI=1S/C18H15ClN2O4/c1-23-16-8-11-13(9-17(16)24-2)21-6-5-15(11)25-14-4-3-10(19)7-12(14)18(20)22/h3-9H,1-2H3,(H2,20,22). The molecule has 1 heterocycles. The van der Waals surface area contributed by atoms with E-state index in [4.69, 9.17) is 31.5 Å². The number of methoxy groups -OCH3 is 2. The van der Waals surface area contributed by atoms with E-state index in [0.29, 0.717) is 38.9 Å². The Labute approximate surface area is 149 Å². The number of hydrogen-bond donors (Lipinski definition) is 1. The number of ether oxygens (including phenoxy) is 3. The van der Waals surface area contributed by atoms with Crippen LogP contribution in [0.5, 0.6) is 23.0 Å². The smallest absolute Gasteiger partial charge is 0.252 e. The number of rotatable bonds is 5. The van der Waals surface area contributed by atoms with Gasteiger partial charge in [0.15, 0.2) is 11.5 Å². The van der Waals surface area contributed by atoms with Gasteiger partial charge in [-0.15, -0.1) is 0 Å². The van der Waals surface area contributed by atoms with Gasteiger partial charge in [-0.3, -0.25) is 9.78 Å². The van der Waals surface area contributed by atoms with Crippen molar-refractivity contribution in [3.05, 3.63) is 53.2 Å². The summed E-state index contributed by atoms with van der Waals surface area (Å²) >= 11 is 5.93. The molecule has 1 aromatic heterocycles. The molecule has 0 aliphatic heterocycles. The number of fused-ring (bicyclic) bond motifs is 1. The third-order valence-electron chi connectivity index (χ3n) is 3.63. The molecule has 2 aromatic carbocycles. The predicted octanol–water partition coefficient (Wildman–Crippen LogP) is 3.80. The Kier molecular flexibility index (Phi) is 4.63. The number of pyridine rings is 1. The largest absolute Gasteiger partial charge is 0.493 e. The molecule has 3 aromatic rings. The van der Waals surface area contributed by atoms with Gasteiger partial charge in [0.2, 0.25) is 0 Å². The second-order valence-electron chi connectivity index (χ2n) is 5.14. The van der Waals surface area contributed by atoms with Crippen molar-refractivity contribution in [2.75, 3.05) is 14.2 Å². The van der Waals surface area contributed by atoms with Crippen molar-refractivity contribution in [3.8, 4) is 23.0 Å². The molecule has 0 fully saturated rings. The summed E-state index contributed by atoms with van der Waals surface area (Å²) in [5.74, 6) is 1.27. The first-order valence-electron chi connectivity index (χ1n) is 7.31. The number of nitrogens with two attached hydrogens (primary N) is 1. The van der Waals surface area contributed by atoms with Crippen LogP contribution in [-0.2, 0) is 0 Å². The van der Waals surface area contributed by atoms with Crippen LogP contribution in [0.4, 0.5) is 0 Å². The van der Waals surface area contributed by atoms with Crippen LogP contribution in [0.2, 0.25) is 5.02 Å². The van der Waals surface area contributed by atoms with Crippen molar-refractivity contribution in [1.82, 2.24) is 4.98 Å². The van der Waals surface area contributed by atoms with Crippen molar-refractivity contribution in [3.63, 3.8) is 0 Å². The fourth-order valence-electron chi connectivity index (χ4n) is 2.44. The summed E-state index contributed by atoms with van der Waals surface area (Å²) in [6.07, 6.45) is 1.60. The molecule has 1 amide bonds. The molecule has 0 atom stereocenters. The topological polar surface area (TPSA) is 83.7 Å². The fraction of sp³-hybridized carbons (Fsp3) is 0.111. The molecule has 25 heavy (non-hydrogen) atoms. The first-order chi connectivity index (χ1) is 12.0. The molecule has 0 bridgehead atoms. The quantitative estimate of drug-likeness (QED) is 0.750. The summed E-state index contributed by atoms with van der Waals surface area (Å²) in [5.41, 5.74) is 6.26. The highest BCUT2D eigenvalue weighted by Crippen LogP contribution is 2.37. The Morgan fingerprint density at radius 3 is 2.40 bits per heavy atom. The monoisotopic (exact) mass is 358 g/mol. The first kappa shape index (κ1) is 16.9. The molecule has 0 radical (unpaired) electrons. The Bertz CT molecular complexity index is 959. The van der Waals surface area contributed by atoms with Crippen molar-refractivity contribution in [2.24, 2.45) is 5.73 Å². The minimum absolute atomic E-state index is 0.193. The van der Waals surface area contributed by atoms with E-state index in [1.807, 2.05) is 0 Å². The molecule has 128 valence electrons. The number of carbonyl (C=O) groups excluding carboxylic acids is 1. The SMILES string of the molecule is COc1cc2nccc(Oc3ccc(Cl)cc3C(N)=O)c2cc1OC. The van der Waals surface area contributed by atoms with Gasteiger partial charge in [0.25, 0.3) is 5.91 Å². The van der Waals surface area contributed by atoms with Crippen LogP contribution in [0.25, 0.3) is 10.9 Å². The van der Waals surface area contributed by atoms with E-state index in [-0.39, 0.29) is 5.56 Å². The number of benzene rings is 2. The van der Waals surface area contributed by atoms with Crippen molar-refractivity contribution >= 4 is 28.4 Å². The minimum atomic E-state index is -0.630. The van der Waals surface area contributed by atoms with E-state index in [1.165, 1.54) is 6.07 Å². The van der Waals surface area contributed by atoms with Gasteiger partial charge in [-0.1, -0.05) is 11.6 Å². The van der Waals surface area contributed by atoms with Gasteiger partial charge >= 0.3 is 0 Å². The molecular formula is C18H15ClN2O4. The van der Waals surface area contributed by atoms with Crippen LogP contribution in [0.1, 0.15) is 10.4 Å². The molecular weight excluding hydrogens is 344 g/mol. The molecule has 7 heteroatoms. The van der Waals surface area contributed by atoms with Gasteiger partial charge < -0.3 is 19.9 Å². The van der Waals surface area contributed by atoms with E-state index in [1.54, 1.807) is 50.7 Å². The molecule has 0 aliphatic rings. The molecule has 3 rings (SSSR count). The number of nitrogens with zero attached hydrogens (tertiary/aromatic N) is 1. The lowest BCUT2D eigenvalue weighted by molar-refractivity contribution is 0.0998. The van der Waals surface area contributed by atoms with E-state index in [2.05, 4.69) is 4.98 Å². The average Bonchev–Trinajstić information content (AvgIpc) is 2.62. The lowest BCUT2D eigenvalue weighted by atomic mass is 10.1. The van der Waals surface area contributed by atoms with Crippen LogP contribution in [-0.4, -0.2) is 25.1 Å². The van der Waals surface area contributed by atoms with Gasteiger partial charge in [0, 0.05) is 22.7 Å². The second kappa shape index (κ2) is 6.86. The van der Waals surface area contributed by atoms with Crippen LogP contribution >= 0.6 is 11.6 Å². The summed E-state index contributed by atoms with van der Waals surface area (Å²) in [6, 6.07) is 9.87. The maximum atomic E-state index is 11.6. The van der Waals surface area contributed by atoms with Crippen LogP contribution < -0.4 is 19.9 Å². The van der Waals surface area contributed by atoms with Gasteiger partial charge in [-0.25, -0.2) is 0 Å². The Morgan fingerprint density at radius 1 is 1.00 bits per heavy atom. The number of hydrogen-bond acceptors (Lipinski definition) is 5. The van der Waals surface area contributed by atoms with Crippen molar-refractivity contribution in [2.45, 2.75) is 0 Å². The van der Waals surface area contributed by atoms with Gasteiger partial charge in [-0.2, -0.15) is 0 Å². The third-order valence-corrected chi connectivity index (χ3v) is 3.87. The highest BCUT2D eigenvalue weighted by atomic mass is 35.5. The maximum absolute atomic E-state index is 11.6. The van der Waals surface area contributed by atoms with Crippen LogP contribution in [0, 0.1) is 0 Å². The Balaban J connectivity index is 2.12. The summed E-state index contributed by atoms with van der Waals surface area (Å²) in [7, 11) is 3.10. The number of amides is 1. The van der Waals surface area contributed by atoms with Crippen molar-refractivity contribution < 1.29 is 19.0 Å². The van der Waals surface area contributed by atoms with Crippen molar-refractivity contribution in [1.29, 1.82) is 0 Å². The molecule has 0 saturated heterocycles. The number of halogens is 1. The number of primary amides is 1. The Hall–Kier alpha value is -2.99. The zero-order valence-electron chi connectivity index (χ0n) is 13.6. The summed E-state index contributed by atoms with van der Waals surface area (Å²) < 4.78 is 16.5. The minimum Gasteiger partial charge on any atom is -0.493 e. The summed E-state index contributed by atoms with van der Waals surface area (Å²) in [5, 5.41) is 1.10. The average molecular weight is 359 g/mol. The van der Waals surface area contributed by atoms with E-state index >= 15 is 0 Å².